The molecule has 0 fully saturated rings. The second kappa shape index (κ2) is 5.58. The van der Waals surface area contributed by atoms with E-state index in [2.05, 4.69) is 15.5 Å². The Kier molecular flexibility index (Phi) is 3.47. The highest BCUT2D eigenvalue weighted by atomic mass is 19.1. The molecule has 2 N–H and O–H groups in total. The van der Waals surface area contributed by atoms with Crippen LogP contribution in [0, 0.1) is 5.82 Å². The monoisotopic (exact) mass is 281 g/mol. The van der Waals surface area contributed by atoms with Crippen LogP contribution in [0.25, 0.3) is 17.0 Å². The van der Waals surface area contributed by atoms with Crippen LogP contribution in [0.4, 0.5) is 10.1 Å². The van der Waals surface area contributed by atoms with Gasteiger partial charge >= 0.3 is 0 Å². The summed E-state index contributed by atoms with van der Waals surface area (Å²) < 4.78 is 13.0. The molecule has 104 valence electrons. The first kappa shape index (κ1) is 13.1. The van der Waals surface area contributed by atoms with Gasteiger partial charge in [0.25, 0.3) is 0 Å². The minimum atomic E-state index is -0.388. The lowest BCUT2D eigenvalue weighted by Gasteiger charge is -2.01. The van der Waals surface area contributed by atoms with Crippen LogP contribution in [0.5, 0.6) is 0 Å². The van der Waals surface area contributed by atoms with Crippen LogP contribution < -0.4 is 5.32 Å². The number of hydrogen-bond donors (Lipinski definition) is 2. The van der Waals surface area contributed by atoms with E-state index in [0.29, 0.717) is 5.69 Å². The van der Waals surface area contributed by atoms with Gasteiger partial charge in [-0.1, -0.05) is 18.2 Å². The van der Waals surface area contributed by atoms with E-state index in [1.165, 1.54) is 18.2 Å². The number of halogens is 1. The van der Waals surface area contributed by atoms with Crippen molar-refractivity contribution in [3.8, 4) is 0 Å². The number of fused-ring (bicyclic) bond motifs is 1. The molecule has 1 heterocycles. The molecular weight excluding hydrogens is 269 g/mol. The molecule has 0 aliphatic carbocycles. The van der Waals surface area contributed by atoms with Gasteiger partial charge in [0.15, 0.2) is 0 Å². The summed E-state index contributed by atoms with van der Waals surface area (Å²) >= 11 is 0. The lowest BCUT2D eigenvalue weighted by molar-refractivity contribution is -0.111. The molecule has 0 aliphatic heterocycles. The molecule has 1 aromatic heterocycles. The normalized spacial score (nSPS) is 11.1. The number of anilines is 1. The first-order valence-corrected chi connectivity index (χ1v) is 6.38. The lowest BCUT2D eigenvalue weighted by atomic mass is 10.1. The van der Waals surface area contributed by atoms with Gasteiger partial charge in [0.05, 0.1) is 11.7 Å². The summed E-state index contributed by atoms with van der Waals surface area (Å²) in [5.41, 5.74) is 2.21. The third-order valence-corrected chi connectivity index (χ3v) is 2.99. The third kappa shape index (κ3) is 3.14. The predicted molar refractivity (Wildman–Crippen MR) is 80.2 cm³/mol. The van der Waals surface area contributed by atoms with Crippen molar-refractivity contribution in [2.24, 2.45) is 0 Å². The quantitative estimate of drug-likeness (QED) is 0.723. The number of carbonyl (C=O) groups excluding carboxylic acids is 1. The van der Waals surface area contributed by atoms with Gasteiger partial charge in [0, 0.05) is 17.1 Å². The molecule has 0 aliphatic rings. The zero-order chi connectivity index (χ0) is 14.7. The number of hydrogen-bond acceptors (Lipinski definition) is 2. The van der Waals surface area contributed by atoms with Crippen LogP contribution in [0.1, 0.15) is 5.56 Å². The molecule has 0 atom stereocenters. The van der Waals surface area contributed by atoms with Gasteiger partial charge in [0.2, 0.25) is 5.91 Å². The minimum absolute atomic E-state index is 0.315. The topological polar surface area (TPSA) is 57.8 Å². The molecule has 21 heavy (non-hydrogen) atoms. The fourth-order valence-corrected chi connectivity index (χ4v) is 1.98. The third-order valence-electron chi connectivity index (χ3n) is 2.99. The second-order valence-corrected chi connectivity index (χ2v) is 4.55. The van der Waals surface area contributed by atoms with Crippen LogP contribution in [0.3, 0.4) is 0 Å². The Morgan fingerprint density at radius 1 is 1.24 bits per heavy atom. The van der Waals surface area contributed by atoms with Gasteiger partial charge in [-0.15, -0.1) is 0 Å². The Morgan fingerprint density at radius 3 is 3.00 bits per heavy atom. The van der Waals surface area contributed by atoms with Crippen LogP contribution in [0.2, 0.25) is 0 Å². The number of aromatic nitrogens is 2. The zero-order valence-electron chi connectivity index (χ0n) is 11.0. The second-order valence-electron chi connectivity index (χ2n) is 4.55. The fourth-order valence-electron chi connectivity index (χ4n) is 1.98. The summed E-state index contributed by atoms with van der Waals surface area (Å²) in [5, 5.41) is 10.4. The SMILES string of the molecule is O=C(C=Cc1ccc2cn[nH]c2c1)Nc1cccc(F)c1. The molecule has 0 spiro atoms. The Labute approximate surface area is 120 Å². The van der Waals surface area contributed by atoms with Crippen LogP contribution in [-0.2, 0) is 4.79 Å². The molecule has 5 heteroatoms. The molecule has 3 rings (SSSR count). The summed E-state index contributed by atoms with van der Waals surface area (Å²) in [6.45, 7) is 0. The molecule has 0 saturated heterocycles. The number of nitrogens with one attached hydrogen (secondary N) is 2. The smallest absolute Gasteiger partial charge is 0.248 e. The van der Waals surface area contributed by atoms with Crippen molar-refractivity contribution < 1.29 is 9.18 Å². The molecule has 0 radical (unpaired) electrons. The van der Waals surface area contributed by atoms with Crippen molar-refractivity contribution in [1.29, 1.82) is 0 Å². The summed E-state index contributed by atoms with van der Waals surface area (Å²) in [6, 6.07) is 11.5. The van der Waals surface area contributed by atoms with E-state index in [0.717, 1.165) is 16.5 Å². The average molecular weight is 281 g/mol. The van der Waals surface area contributed by atoms with E-state index in [-0.39, 0.29) is 11.7 Å². The van der Waals surface area contributed by atoms with Gasteiger partial charge in [-0.2, -0.15) is 5.10 Å². The number of carbonyl (C=O) groups is 1. The Bertz CT molecular complexity index is 823. The fraction of sp³-hybridized carbons (Fsp3) is 0. The van der Waals surface area contributed by atoms with E-state index in [4.69, 9.17) is 0 Å². The van der Waals surface area contributed by atoms with Crippen molar-refractivity contribution in [3.63, 3.8) is 0 Å². The van der Waals surface area contributed by atoms with Gasteiger partial charge < -0.3 is 5.32 Å². The van der Waals surface area contributed by atoms with E-state index in [1.807, 2.05) is 18.2 Å². The number of aromatic amines is 1. The maximum atomic E-state index is 13.0. The largest absolute Gasteiger partial charge is 0.322 e. The van der Waals surface area contributed by atoms with Crippen molar-refractivity contribution in [2.45, 2.75) is 0 Å². The minimum Gasteiger partial charge on any atom is -0.322 e. The first-order valence-electron chi connectivity index (χ1n) is 6.38. The van der Waals surface area contributed by atoms with Crippen molar-refractivity contribution in [2.75, 3.05) is 5.32 Å². The van der Waals surface area contributed by atoms with Crippen LogP contribution >= 0.6 is 0 Å². The average Bonchev–Trinajstić information content (AvgIpc) is 2.92. The van der Waals surface area contributed by atoms with Gasteiger partial charge in [-0.25, -0.2) is 4.39 Å². The van der Waals surface area contributed by atoms with Crippen LogP contribution in [0.15, 0.2) is 54.7 Å². The first-order chi connectivity index (χ1) is 10.2. The van der Waals surface area contributed by atoms with Crippen molar-refractivity contribution in [1.82, 2.24) is 10.2 Å². The molecule has 0 bridgehead atoms. The van der Waals surface area contributed by atoms with Crippen molar-refractivity contribution >= 4 is 28.6 Å². The van der Waals surface area contributed by atoms with Gasteiger partial charge in [-0.3, -0.25) is 9.89 Å². The van der Waals surface area contributed by atoms with E-state index < -0.39 is 0 Å². The number of benzene rings is 2. The molecular formula is C16H12FN3O. The summed E-state index contributed by atoms with van der Waals surface area (Å²) in [7, 11) is 0. The maximum absolute atomic E-state index is 13.0. The summed E-state index contributed by atoms with van der Waals surface area (Å²) in [6.07, 6.45) is 4.83. The highest BCUT2D eigenvalue weighted by Gasteiger charge is 2.00. The summed E-state index contributed by atoms with van der Waals surface area (Å²) in [5.74, 6) is -0.702. The molecule has 2 aromatic carbocycles. The van der Waals surface area contributed by atoms with E-state index in [1.54, 1.807) is 24.4 Å². The molecule has 3 aromatic rings. The van der Waals surface area contributed by atoms with E-state index in [9.17, 15) is 9.18 Å². The Hall–Kier alpha value is -2.95. The number of H-pyrrole nitrogens is 1. The summed E-state index contributed by atoms with van der Waals surface area (Å²) in [4.78, 5) is 11.8. The molecule has 1 amide bonds. The number of amides is 1. The Balaban J connectivity index is 1.71. The highest BCUT2D eigenvalue weighted by molar-refractivity contribution is 6.02. The number of rotatable bonds is 3. The van der Waals surface area contributed by atoms with Crippen LogP contribution in [-0.4, -0.2) is 16.1 Å². The maximum Gasteiger partial charge on any atom is 0.248 e. The number of nitrogens with zero attached hydrogens (tertiary/aromatic N) is 1. The highest BCUT2D eigenvalue weighted by Crippen LogP contribution is 2.14. The standard InChI is InChI=1S/C16H12FN3O/c17-13-2-1-3-14(9-13)19-16(21)7-5-11-4-6-12-10-18-20-15(12)8-11/h1-10H,(H,18,20)(H,19,21). The predicted octanol–water partition coefficient (Wildman–Crippen LogP) is 3.35. The molecule has 0 saturated carbocycles. The van der Waals surface area contributed by atoms with Gasteiger partial charge in [-0.05, 0) is 35.9 Å². The van der Waals surface area contributed by atoms with Crippen molar-refractivity contribution in [3.05, 3.63) is 66.1 Å². The zero-order valence-corrected chi connectivity index (χ0v) is 11.0. The van der Waals surface area contributed by atoms with Gasteiger partial charge in [0.1, 0.15) is 5.82 Å². The van der Waals surface area contributed by atoms with E-state index >= 15 is 0 Å². The molecule has 0 unspecified atom stereocenters. The lowest BCUT2D eigenvalue weighted by Crippen LogP contribution is -2.07. The Morgan fingerprint density at radius 2 is 2.14 bits per heavy atom. The molecule has 4 nitrogen and oxygen atoms in total.